The first-order chi connectivity index (χ1) is 11.5. The van der Waals surface area contributed by atoms with E-state index in [1.54, 1.807) is 0 Å². The Balaban J connectivity index is 0.00000312. The SMILES string of the molecule is CCOC1CCN(C(=NC)NCC(C)(C)N2CCCC(C)C2)CC1.I. The van der Waals surface area contributed by atoms with Crippen LogP contribution in [0.2, 0.25) is 0 Å². The summed E-state index contributed by atoms with van der Waals surface area (Å²) >= 11 is 0. The number of nitrogens with zero attached hydrogens (tertiary/aromatic N) is 3. The molecule has 2 aliphatic rings. The Morgan fingerprint density at radius 2 is 1.88 bits per heavy atom. The second kappa shape index (κ2) is 10.9. The zero-order valence-corrected chi connectivity index (χ0v) is 19.2. The van der Waals surface area contributed by atoms with Gasteiger partial charge >= 0.3 is 0 Å². The van der Waals surface area contributed by atoms with Crippen LogP contribution in [-0.4, -0.2) is 73.8 Å². The first kappa shape index (κ1) is 23.0. The minimum atomic E-state index is 0. The van der Waals surface area contributed by atoms with E-state index < -0.39 is 0 Å². The van der Waals surface area contributed by atoms with Gasteiger partial charge in [-0.25, -0.2) is 0 Å². The number of halogens is 1. The molecule has 2 heterocycles. The fourth-order valence-electron chi connectivity index (χ4n) is 3.95. The number of aliphatic imine (C=N–C) groups is 1. The lowest BCUT2D eigenvalue weighted by Gasteiger charge is -2.44. The molecule has 2 aliphatic heterocycles. The summed E-state index contributed by atoms with van der Waals surface area (Å²) in [5, 5.41) is 3.63. The van der Waals surface area contributed by atoms with Crippen molar-refractivity contribution < 1.29 is 4.74 Å². The Labute approximate surface area is 172 Å². The number of likely N-dealkylation sites (tertiary alicyclic amines) is 2. The van der Waals surface area contributed by atoms with Crippen LogP contribution in [-0.2, 0) is 4.74 Å². The Kier molecular flexibility index (Phi) is 10.0. The maximum Gasteiger partial charge on any atom is 0.193 e. The van der Waals surface area contributed by atoms with Crippen molar-refractivity contribution in [1.82, 2.24) is 15.1 Å². The highest BCUT2D eigenvalue weighted by Gasteiger charge is 2.31. The van der Waals surface area contributed by atoms with Gasteiger partial charge < -0.3 is 15.0 Å². The van der Waals surface area contributed by atoms with Crippen LogP contribution < -0.4 is 5.32 Å². The third-order valence-corrected chi connectivity index (χ3v) is 5.55. The molecule has 1 N–H and O–H groups in total. The van der Waals surface area contributed by atoms with Gasteiger partial charge in [-0.15, -0.1) is 24.0 Å². The standard InChI is InChI=1S/C19H38N4O.HI/c1-6-24-17-9-12-22(13-10-17)18(20-5)21-15-19(3,4)23-11-7-8-16(2)14-23;/h16-17H,6-15H2,1-5H3,(H,20,21);1H. The molecule has 0 aromatic heterocycles. The zero-order chi connectivity index (χ0) is 17.6. The summed E-state index contributed by atoms with van der Waals surface area (Å²) in [5.41, 5.74) is 0.161. The lowest BCUT2D eigenvalue weighted by molar-refractivity contribution is 0.0259. The maximum atomic E-state index is 5.75. The van der Waals surface area contributed by atoms with Crippen molar-refractivity contribution >= 4 is 29.9 Å². The highest BCUT2D eigenvalue weighted by Crippen LogP contribution is 2.23. The van der Waals surface area contributed by atoms with E-state index in [1.807, 2.05) is 7.05 Å². The molecule has 0 bridgehead atoms. The molecular weight excluding hydrogens is 427 g/mol. The average molecular weight is 466 g/mol. The molecule has 6 heteroatoms. The van der Waals surface area contributed by atoms with E-state index in [1.165, 1.54) is 25.9 Å². The van der Waals surface area contributed by atoms with E-state index in [0.29, 0.717) is 6.10 Å². The molecule has 0 amide bonds. The number of hydrogen-bond acceptors (Lipinski definition) is 3. The monoisotopic (exact) mass is 466 g/mol. The Morgan fingerprint density at radius 1 is 1.20 bits per heavy atom. The van der Waals surface area contributed by atoms with Crippen LogP contribution in [0.4, 0.5) is 0 Å². The Bertz CT molecular complexity index is 408. The molecule has 148 valence electrons. The van der Waals surface area contributed by atoms with Crippen molar-refractivity contribution in [2.45, 2.75) is 65.0 Å². The van der Waals surface area contributed by atoms with Gasteiger partial charge in [-0.3, -0.25) is 9.89 Å². The van der Waals surface area contributed by atoms with E-state index in [9.17, 15) is 0 Å². The summed E-state index contributed by atoms with van der Waals surface area (Å²) in [6, 6.07) is 0. The van der Waals surface area contributed by atoms with Crippen molar-refractivity contribution in [2.24, 2.45) is 10.9 Å². The number of hydrogen-bond donors (Lipinski definition) is 1. The summed E-state index contributed by atoms with van der Waals surface area (Å²) < 4.78 is 5.75. The molecule has 25 heavy (non-hydrogen) atoms. The first-order valence-electron chi connectivity index (χ1n) is 9.78. The predicted molar refractivity (Wildman–Crippen MR) is 117 cm³/mol. The van der Waals surface area contributed by atoms with Crippen molar-refractivity contribution in [3.8, 4) is 0 Å². The molecule has 0 radical (unpaired) electrons. The summed E-state index contributed by atoms with van der Waals surface area (Å²) in [5.74, 6) is 1.86. The van der Waals surface area contributed by atoms with Gasteiger partial charge in [0, 0.05) is 45.4 Å². The molecule has 0 spiro atoms. The van der Waals surface area contributed by atoms with Gasteiger partial charge in [0.2, 0.25) is 0 Å². The van der Waals surface area contributed by atoms with Crippen molar-refractivity contribution in [2.75, 3.05) is 46.4 Å². The smallest absolute Gasteiger partial charge is 0.193 e. The lowest BCUT2D eigenvalue weighted by Crippen LogP contribution is -2.57. The highest BCUT2D eigenvalue weighted by atomic mass is 127. The van der Waals surface area contributed by atoms with Gasteiger partial charge in [-0.05, 0) is 58.9 Å². The van der Waals surface area contributed by atoms with E-state index >= 15 is 0 Å². The zero-order valence-electron chi connectivity index (χ0n) is 16.9. The van der Waals surface area contributed by atoms with Gasteiger partial charge in [-0.1, -0.05) is 6.92 Å². The topological polar surface area (TPSA) is 40.1 Å². The molecule has 2 rings (SSSR count). The second-order valence-corrected chi connectivity index (χ2v) is 8.05. The van der Waals surface area contributed by atoms with Crippen LogP contribution in [0.1, 0.15) is 53.4 Å². The highest BCUT2D eigenvalue weighted by molar-refractivity contribution is 14.0. The third-order valence-electron chi connectivity index (χ3n) is 5.55. The molecule has 0 aliphatic carbocycles. The predicted octanol–water partition coefficient (Wildman–Crippen LogP) is 3.19. The molecular formula is C19H39IN4O. The number of ether oxygens (including phenoxy) is 1. The summed E-state index contributed by atoms with van der Waals surface area (Å²) in [7, 11) is 1.90. The van der Waals surface area contributed by atoms with Gasteiger partial charge in [0.25, 0.3) is 0 Å². The fourth-order valence-corrected chi connectivity index (χ4v) is 3.95. The summed E-state index contributed by atoms with van der Waals surface area (Å²) in [6.45, 7) is 15.4. The number of guanidine groups is 1. The van der Waals surface area contributed by atoms with Gasteiger partial charge in [0.15, 0.2) is 5.96 Å². The first-order valence-corrected chi connectivity index (χ1v) is 9.78. The van der Waals surface area contributed by atoms with E-state index in [0.717, 1.165) is 51.0 Å². The molecule has 0 aromatic rings. The Morgan fingerprint density at radius 3 is 2.44 bits per heavy atom. The minimum absolute atomic E-state index is 0. The van der Waals surface area contributed by atoms with Gasteiger partial charge in [0.05, 0.1) is 6.10 Å². The van der Waals surface area contributed by atoms with Gasteiger partial charge in [0.1, 0.15) is 0 Å². The van der Waals surface area contributed by atoms with E-state index in [4.69, 9.17) is 4.74 Å². The number of nitrogens with one attached hydrogen (secondary N) is 1. The van der Waals surface area contributed by atoms with E-state index in [-0.39, 0.29) is 29.5 Å². The van der Waals surface area contributed by atoms with Crippen LogP contribution in [0.25, 0.3) is 0 Å². The molecule has 5 nitrogen and oxygen atoms in total. The Hall–Kier alpha value is -0.0800. The number of rotatable bonds is 5. The van der Waals surface area contributed by atoms with Gasteiger partial charge in [-0.2, -0.15) is 0 Å². The molecule has 1 atom stereocenters. The van der Waals surface area contributed by atoms with Crippen LogP contribution in [0.5, 0.6) is 0 Å². The van der Waals surface area contributed by atoms with Crippen LogP contribution >= 0.6 is 24.0 Å². The number of piperidine rings is 2. The fraction of sp³-hybridized carbons (Fsp3) is 0.947. The summed E-state index contributed by atoms with van der Waals surface area (Å²) in [4.78, 5) is 9.54. The van der Waals surface area contributed by atoms with Crippen LogP contribution in [0.3, 0.4) is 0 Å². The van der Waals surface area contributed by atoms with Crippen LogP contribution in [0, 0.1) is 5.92 Å². The molecule has 0 aromatic carbocycles. The summed E-state index contributed by atoms with van der Waals surface area (Å²) in [6.07, 6.45) is 5.32. The minimum Gasteiger partial charge on any atom is -0.378 e. The molecule has 0 saturated carbocycles. The maximum absolute atomic E-state index is 5.75. The molecule has 2 fully saturated rings. The normalized spacial score (nSPS) is 24.1. The lowest BCUT2D eigenvalue weighted by atomic mass is 9.93. The third kappa shape index (κ3) is 6.86. The van der Waals surface area contributed by atoms with Crippen molar-refractivity contribution in [3.63, 3.8) is 0 Å². The van der Waals surface area contributed by atoms with Crippen LogP contribution in [0.15, 0.2) is 4.99 Å². The van der Waals surface area contributed by atoms with Crippen molar-refractivity contribution in [1.29, 1.82) is 0 Å². The quantitative estimate of drug-likeness (QED) is 0.384. The molecule has 2 saturated heterocycles. The second-order valence-electron chi connectivity index (χ2n) is 8.05. The average Bonchev–Trinajstić information content (AvgIpc) is 2.57. The largest absolute Gasteiger partial charge is 0.378 e. The molecule has 1 unspecified atom stereocenters. The van der Waals surface area contributed by atoms with E-state index in [2.05, 4.69) is 47.8 Å². The van der Waals surface area contributed by atoms with Crippen molar-refractivity contribution in [3.05, 3.63) is 0 Å².